The van der Waals surface area contributed by atoms with Gasteiger partial charge in [0.2, 0.25) is 5.91 Å². The number of carbonyl (C=O) groups excluding carboxylic acids is 1. The molecule has 1 atom stereocenters. The number of aromatic nitrogens is 3. The van der Waals surface area contributed by atoms with Crippen molar-refractivity contribution in [1.29, 1.82) is 0 Å². The van der Waals surface area contributed by atoms with Crippen molar-refractivity contribution in [3.63, 3.8) is 0 Å². The summed E-state index contributed by atoms with van der Waals surface area (Å²) in [6.45, 7) is 1.01. The van der Waals surface area contributed by atoms with Crippen LogP contribution >= 0.6 is 0 Å². The van der Waals surface area contributed by atoms with E-state index in [0.717, 1.165) is 11.3 Å². The molecule has 0 saturated carbocycles. The number of carbonyl (C=O) groups is 1. The van der Waals surface area contributed by atoms with Gasteiger partial charge in [0.1, 0.15) is 11.6 Å². The number of benzene rings is 1. The van der Waals surface area contributed by atoms with Crippen LogP contribution in [0.25, 0.3) is 0 Å². The lowest BCUT2D eigenvalue weighted by molar-refractivity contribution is -0.126. The van der Waals surface area contributed by atoms with Gasteiger partial charge >= 0.3 is 5.69 Å². The molecule has 1 saturated heterocycles. The predicted octanol–water partition coefficient (Wildman–Crippen LogP) is 0.574. The van der Waals surface area contributed by atoms with Gasteiger partial charge in [0, 0.05) is 25.9 Å². The Morgan fingerprint density at radius 2 is 2.05 bits per heavy atom. The van der Waals surface area contributed by atoms with E-state index in [4.69, 9.17) is 4.74 Å². The number of methoxy groups -OCH3 is 1. The fourth-order valence-corrected chi connectivity index (χ4v) is 2.74. The highest BCUT2D eigenvalue weighted by atomic mass is 16.5. The molecule has 0 aliphatic carbocycles. The zero-order chi connectivity index (χ0) is 15.7. The molecule has 0 spiro atoms. The maximum atomic E-state index is 12.0. The van der Waals surface area contributed by atoms with Crippen LogP contribution in [-0.4, -0.2) is 46.3 Å². The molecule has 7 nitrogen and oxygen atoms in total. The highest BCUT2D eigenvalue weighted by Gasteiger charge is 2.31. The maximum Gasteiger partial charge on any atom is 0.343 e. The van der Waals surface area contributed by atoms with Crippen molar-refractivity contribution in [1.82, 2.24) is 19.7 Å². The average Bonchev–Trinajstić information content (AvgIpc) is 3.04. The third kappa shape index (κ3) is 2.61. The Labute approximate surface area is 127 Å². The molecule has 1 aliphatic heterocycles. The summed E-state index contributed by atoms with van der Waals surface area (Å²) in [6, 6.07) is 7.53. The van der Waals surface area contributed by atoms with Crippen LogP contribution in [0, 0.1) is 0 Å². The van der Waals surface area contributed by atoms with E-state index in [1.165, 1.54) is 0 Å². The number of ether oxygens (including phenoxy) is 1. The van der Waals surface area contributed by atoms with Gasteiger partial charge in [-0.2, -0.15) is 5.10 Å². The largest absolute Gasteiger partial charge is 0.497 e. The van der Waals surface area contributed by atoms with Crippen molar-refractivity contribution >= 4 is 5.91 Å². The quantitative estimate of drug-likeness (QED) is 0.895. The topological polar surface area (TPSA) is 80.2 Å². The Balaban J connectivity index is 1.86. The van der Waals surface area contributed by atoms with Crippen LogP contribution in [0.2, 0.25) is 0 Å². The number of likely N-dealkylation sites (N-methyl/N-ethyl adjacent to an activating group) is 1. The molecule has 1 amide bonds. The molecule has 2 heterocycles. The van der Waals surface area contributed by atoms with Crippen LogP contribution in [0.5, 0.6) is 5.75 Å². The van der Waals surface area contributed by atoms with Crippen molar-refractivity contribution in [2.45, 2.75) is 18.9 Å². The molecule has 1 aromatic heterocycles. The maximum absolute atomic E-state index is 12.0. The molecule has 22 heavy (non-hydrogen) atoms. The molecule has 0 bridgehead atoms. The number of nitrogens with zero attached hydrogens (tertiary/aromatic N) is 3. The number of H-pyrrole nitrogens is 1. The lowest BCUT2D eigenvalue weighted by atomic mass is 10.1. The lowest BCUT2D eigenvalue weighted by Gasteiger charge is -2.11. The molecular weight excluding hydrogens is 284 g/mol. The molecular formula is C15H18N4O3. The third-order valence-corrected chi connectivity index (χ3v) is 3.99. The molecule has 2 aromatic rings. The Bertz CT molecular complexity index is 732. The average molecular weight is 302 g/mol. The monoisotopic (exact) mass is 302 g/mol. The molecule has 0 radical (unpaired) electrons. The first-order chi connectivity index (χ1) is 10.6. The fourth-order valence-electron chi connectivity index (χ4n) is 2.74. The van der Waals surface area contributed by atoms with E-state index in [0.29, 0.717) is 25.3 Å². The van der Waals surface area contributed by atoms with E-state index < -0.39 is 0 Å². The summed E-state index contributed by atoms with van der Waals surface area (Å²) in [4.78, 5) is 25.4. The van der Waals surface area contributed by atoms with Crippen molar-refractivity contribution < 1.29 is 9.53 Å². The summed E-state index contributed by atoms with van der Waals surface area (Å²) >= 11 is 0. The van der Waals surface area contributed by atoms with E-state index in [1.54, 1.807) is 23.6 Å². The van der Waals surface area contributed by atoms with Crippen LogP contribution in [0.15, 0.2) is 29.1 Å². The molecule has 1 aliphatic rings. The van der Waals surface area contributed by atoms with Gasteiger partial charge in [-0.25, -0.2) is 9.89 Å². The number of nitrogens with one attached hydrogen (secondary N) is 1. The van der Waals surface area contributed by atoms with Gasteiger partial charge in [-0.1, -0.05) is 12.1 Å². The van der Waals surface area contributed by atoms with E-state index in [2.05, 4.69) is 10.2 Å². The van der Waals surface area contributed by atoms with Crippen molar-refractivity contribution in [3.05, 3.63) is 46.1 Å². The first kappa shape index (κ1) is 14.4. The van der Waals surface area contributed by atoms with Gasteiger partial charge in [-0.3, -0.25) is 9.36 Å². The van der Waals surface area contributed by atoms with Crippen LogP contribution < -0.4 is 10.4 Å². The van der Waals surface area contributed by atoms with E-state index in [9.17, 15) is 9.59 Å². The summed E-state index contributed by atoms with van der Waals surface area (Å²) in [5.74, 6) is 1.44. The van der Waals surface area contributed by atoms with Crippen LogP contribution in [0.4, 0.5) is 0 Å². The molecule has 3 rings (SSSR count). The smallest absolute Gasteiger partial charge is 0.343 e. The minimum Gasteiger partial charge on any atom is -0.497 e. The Kier molecular flexibility index (Phi) is 3.70. The van der Waals surface area contributed by atoms with Gasteiger partial charge in [0.15, 0.2) is 0 Å². The van der Waals surface area contributed by atoms with Gasteiger partial charge in [0.25, 0.3) is 0 Å². The molecule has 0 unspecified atom stereocenters. The second-order valence-electron chi connectivity index (χ2n) is 5.50. The summed E-state index contributed by atoms with van der Waals surface area (Å²) in [5, 5.41) is 6.61. The van der Waals surface area contributed by atoms with Gasteiger partial charge in [-0.15, -0.1) is 0 Å². The number of amides is 1. The SMILES string of the molecule is COc1ccc(Cn2c([C@@H]3CC(=O)N(C)C3)n[nH]c2=O)cc1. The third-order valence-electron chi connectivity index (χ3n) is 3.99. The van der Waals surface area contributed by atoms with Crippen LogP contribution in [0.1, 0.15) is 23.7 Å². The molecule has 1 N–H and O–H groups in total. The number of hydrogen-bond acceptors (Lipinski definition) is 4. The second kappa shape index (κ2) is 5.67. The highest BCUT2D eigenvalue weighted by molar-refractivity contribution is 5.79. The normalized spacial score (nSPS) is 18.0. The molecule has 116 valence electrons. The minimum atomic E-state index is -0.257. The van der Waals surface area contributed by atoms with E-state index in [-0.39, 0.29) is 17.5 Å². The first-order valence-electron chi connectivity index (χ1n) is 7.10. The zero-order valence-corrected chi connectivity index (χ0v) is 12.6. The van der Waals surface area contributed by atoms with Gasteiger partial charge in [-0.05, 0) is 17.7 Å². The van der Waals surface area contributed by atoms with E-state index in [1.807, 2.05) is 24.3 Å². The van der Waals surface area contributed by atoms with Gasteiger partial charge in [0.05, 0.1) is 13.7 Å². The summed E-state index contributed by atoms with van der Waals surface area (Å²) < 4.78 is 6.72. The summed E-state index contributed by atoms with van der Waals surface area (Å²) in [7, 11) is 3.38. The number of likely N-dealkylation sites (tertiary alicyclic amines) is 1. The Morgan fingerprint density at radius 1 is 1.32 bits per heavy atom. The Hall–Kier alpha value is -2.57. The lowest BCUT2D eigenvalue weighted by Crippen LogP contribution is -2.22. The molecule has 1 fully saturated rings. The fraction of sp³-hybridized carbons (Fsp3) is 0.400. The zero-order valence-electron chi connectivity index (χ0n) is 12.6. The number of hydrogen-bond donors (Lipinski definition) is 1. The van der Waals surface area contributed by atoms with E-state index >= 15 is 0 Å². The predicted molar refractivity (Wildman–Crippen MR) is 79.9 cm³/mol. The molecule has 7 heteroatoms. The van der Waals surface area contributed by atoms with Crippen molar-refractivity contribution in [2.75, 3.05) is 20.7 Å². The summed E-state index contributed by atoms with van der Waals surface area (Å²) in [5.41, 5.74) is 0.719. The van der Waals surface area contributed by atoms with Crippen molar-refractivity contribution in [3.8, 4) is 5.75 Å². The number of rotatable bonds is 4. The molecule has 1 aromatic carbocycles. The minimum absolute atomic E-state index is 0.0466. The van der Waals surface area contributed by atoms with Gasteiger partial charge < -0.3 is 9.64 Å². The first-order valence-corrected chi connectivity index (χ1v) is 7.10. The summed E-state index contributed by atoms with van der Waals surface area (Å²) in [6.07, 6.45) is 0.392. The number of aromatic amines is 1. The standard InChI is InChI=1S/C15H18N4O3/c1-18-9-11(7-13(18)20)14-16-17-15(21)19(14)8-10-3-5-12(22-2)6-4-10/h3-6,11H,7-9H2,1-2H3,(H,17,21)/t11-/m1/s1. The van der Waals surface area contributed by atoms with Crippen LogP contribution in [-0.2, 0) is 11.3 Å². The second-order valence-corrected chi connectivity index (χ2v) is 5.50. The van der Waals surface area contributed by atoms with Crippen molar-refractivity contribution in [2.24, 2.45) is 0 Å². The van der Waals surface area contributed by atoms with Crippen LogP contribution in [0.3, 0.4) is 0 Å². The highest BCUT2D eigenvalue weighted by Crippen LogP contribution is 2.25. The Morgan fingerprint density at radius 3 is 2.64 bits per heavy atom.